The molecule has 0 saturated heterocycles. The smallest absolute Gasteiger partial charge is 0.164 e. The van der Waals surface area contributed by atoms with E-state index in [-0.39, 0.29) is 11.8 Å². The molecule has 0 heterocycles. The molecule has 4 heteroatoms. The van der Waals surface area contributed by atoms with Crippen LogP contribution >= 0.6 is 0 Å². The van der Waals surface area contributed by atoms with Gasteiger partial charge in [-0.05, 0) is 48.9 Å². The minimum absolute atomic E-state index is 0.268. The molecule has 2 aliphatic carbocycles. The molecule has 2 aromatic carbocycles. The lowest BCUT2D eigenvalue weighted by atomic mass is 9.90. The second-order valence-electron chi connectivity index (χ2n) is 9.02. The zero-order valence-corrected chi connectivity index (χ0v) is 20.8. The van der Waals surface area contributed by atoms with Crippen LogP contribution in [0.25, 0.3) is 11.5 Å². The number of hydrogen-bond acceptors (Lipinski definition) is 4. The SMILES string of the molecule is COC1=C(OC)C(CCCCCC2C(OC)=C(OC)c3c(C)cccc32)c2cccc(C)c21. The Morgan fingerprint density at radius 3 is 1.36 bits per heavy atom. The van der Waals surface area contributed by atoms with Gasteiger partial charge in [0, 0.05) is 23.0 Å². The molecule has 0 amide bonds. The Bertz CT molecular complexity index is 994. The summed E-state index contributed by atoms with van der Waals surface area (Å²) in [5, 5.41) is 0. The number of aryl methyl sites for hydroxylation is 2. The number of benzene rings is 2. The molecule has 0 radical (unpaired) electrons. The Kier molecular flexibility index (Phi) is 7.02. The van der Waals surface area contributed by atoms with Gasteiger partial charge in [-0.3, -0.25) is 0 Å². The third kappa shape index (κ3) is 4.01. The first-order valence-corrected chi connectivity index (χ1v) is 11.9. The Labute approximate surface area is 198 Å². The minimum Gasteiger partial charge on any atom is -0.497 e. The van der Waals surface area contributed by atoms with Crippen molar-refractivity contribution in [3.05, 3.63) is 81.3 Å². The van der Waals surface area contributed by atoms with Crippen LogP contribution in [0, 0.1) is 13.8 Å². The number of fused-ring (bicyclic) bond motifs is 2. The number of hydrogen-bond donors (Lipinski definition) is 0. The van der Waals surface area contributed by atoms with Gasteiger partial charge < -0.3 is 18.9 Å². The molecule has 0 fully saturated rings. The summed E-state index contributed by atoms with van der Waals surface area (Å²) in [5.41, 5.74) is 7.56. The van der Waals surface area contributed by atoms with Crippen molar-refractivity contribution in [2.24, 2.45) is 0 Å². The molecule has 0 aromatic heterocycles. The van der Waals surface area contributed by atoms with E-state index in [0.29, 0.717) is 0 Å². The van der Waals surface area contributed by atoms with E-state index in [1.807, 2.05) is 0 Å². The van der Waals surface area contributed by atoms with Crippen LogP contribution in [0.1, 0.15) is 77.3 Å². The quantitative estimate of drug-likeness (QED) is 0.364. The summed E-state index contributed by atoms with van der Waals surface area (Å²) in [4.78, 5) is 0. The topological polar surface area (TPSA) is 36.9 Å². The van der Waals surface area contributed by atoms with Crippen molar-refractivity contribution in [3.8, 4) is 0 Å². The Hall–Kier alpha value is -2.88. The molecule has 33 heavy (non-hydrogen) atoms. The fourth-order valence-corrected chi connectivity index (χ4v) is 5.75. The van der Waals surface area contributed by atoms with Gasteiger partial charge in [0.05, 0.1) is 28.4 Å². The highest BCUT2D eigenvalue weighted by Gasteiger charge is 2.35. The van der Waals surface area contributed by atoms with Crippen molar-refractivity contribution >= 4 is 11.5 Å². The van der Waals surface area contributed by atoms with Crippen molar-refractivity contribution < 1.29 is 18.9 Å². The van der Waals surface area contributed by atoms with Crippen LogP contribution in [0.15, 0.2) is 47.9 Å². The average Bonchev–Trinajstić information content (AvgIpc) is 3.31. The number of allylic oxidation sites excluding steroid dienone is 2. The highest BCUT2D eigenvalue weighted by Crippen LogP contribution is 2.48. The van der Waals surface area contributed by atoms with Gasteiger partial charge in [0.25, 0.3) is 0 Å². The van der Waals surface area contributed by atoms with E-state index in [1.54, 1.807) is 28.4 Å². The van der Waals surface area contributed by atoms with Crippen molar-refractivity contribution in [2.45, 2.75) is 57.8 Å². The Balaban J connectivity index is 1.42. The van der Waals surface area contributed by atoms with Crippen molar-refractivity contribution in [3.63, 3.8) is 0 Å². The van der Waals surface area contributed by atoms with Gasteiger partial charge >= 0.3 is 0 Å². The number of rotatable bonds is 10. The van der Waals surface area contributed by atoms with E-state index in [9.17, 15) is 0 Å². The molecule has 0 spiro atoms. The average molecular weight is 449 g/mol. The number of ether oxygens (including phenoxy) is 4. The standard InChI is InChI=1S/C29H36O4/c1-18-12-10-16-20-22(26(30-3)28(32-5)24(18)20)14-8-7-9-15-23-21-17-11-13-19(2)25(21)29(33-6)27(23)31-4/h10-13,16-17,22-23H,7-9,14-15H2,1-6H3. The first-order chi connectivity index (χ1) is 16.1. The highest BCUT2D eigenvalue weighted by atomic mass is 16.5. The van der Waals surface area contributed by atoms with Gasteiger partial charge in [-0.25, -0.2) is 0 Å². The third-order valence-electron chi connectivity index (χ3n) is 7.23. The molecule has 0 saturated carbocycles. The van der Waals surface area contributed by atoms with E-state index >= 15 is 0 Å². The van der Waals surface area contributed by atoms with Crippen LogP contribution in [0.3, 0.4) is 0 Å². The van der Waals surface area contributed by atoms with Crippen molar-refractivity contribution in [2.75, 3.05) is 28.4 Å². The number of unbranched alkanes of at least 4 members (excludes halogenated alkanes) is 2. The van der Waals surface area contributed by atoms with E-state index in [0.717, 1.165) is 55.1 Å². The van der Waals surface area contributed by atoms with Gasteiger partial charge in [-0.15, -0.1) is 0 Å². The van der Waals surface area contributed by atoms with Crippen LogP contribution in [0.4, 0.5) is 0 Å². The summed E-state index contributed by atoms with van der Waals surface area (Å²) in [6, 6.07) is 13.0. The molecular weight excluding hydrogens is 412 g/mol. The molecule has 0 aliphatic heterocycles. The first-order valence-electron chi connectivity index (χ1n) is 11.9. The Morgan fingerprint density at radius 1 is 0.576 bits per heavy atom. The highest BCUT2D eigenvalue weighted by molar-refractivity contribution is 5.76. The summed E-state index contributed by atoms with van der Waals surface area (Å²) >= 11 is 0. The second kappa shape index (κ2) is 9.94. The normalized spacial score (nSPS) is 19.0. The Morgan fingerprint density at radius 2 is 1.00 bits per heavy atom. The molecule has 2 unspecified atom stereocenters. The first kappa shape index (κ1) is 23.3. The van der Waals surface area contributed by atoms with Gasteiger partial charge in [0.1, 0.15) is 11.5 Å². The van der Waals surface area contributed by atoms with E-state index < -0.39 is 0 Å². The fourth-order valence-electron chi connectivity index (χ4n) is 5.75. The van der Waals surface area contributed by atoms with Crippen LogP contribution in [0.2, 0.25) is 0 Å². The zero-order valence-electron chi connectivity index (χ0n) is 20.8. The predicted molar refractivity (Wildman–Crippen MR) is 133 cm³/mol. The predicted octanol–water partition coefficient (Wildman–Crippen LogP) is 7.07. The molecular formula is C29H36O4. The molecule has 0 bridgehead atoms. The van der Waals surface area contributed by atoms with Gasteiger partial charge in [-0.2, -0.15) is 0 Å². The van der Waals surface area contributed by atoms with Crippen molar-refractivity contribution in [1.29, 1.82) is 0 Å². The summed E-state index contributed by atoms with van der Waals surface area (Å²) in [7, 11) is 6.99. The molecule has 2 atom stereocenters. The van der Waals surface area contributed by atoms with Crippen LogP contribution in [0.5, 0.6) is 0 Å². The molecule has 0 N–H and O–H groups in total. The van der Waals surface area contributed by atoms with E-state index in [1.165, 1.54) is 33.4 Å². The zero-order chi connectivity index (χ0) is 23.5. The van der Waals surface area contributed by atoms with Gasteiger partial charge in [-0.1, -0.05) is 55.7 Å². The van der Waals surface area contributed by atoms with Gasteiger partial charge in [0.2, 0.25) is 0 Å². The summed E-state index contributed by atoms with van der Waals surface area (Å²) in [6.07, 6.45) is 5.55. The lowest BCUT2D eigenvalue weighted by Gasteiger charge is -2.17. The lowest BCUT2D eigenvalue weighted by Crippen LogP contribution is -2.03. The van der Waals surface area contributed by atoms with Crippen LogP contribution in [-0.2, 0) is 18.9 Å². The molecule has 2 aliphatic rings. The van der Waals surface area contributed by atoms with Crippen molar-refractivity contribution in [1.82, 2.24) is 0 Å². The van der Waals surface area contributed by atoms with Crippen LogP contribution < -0.4 is 0 Å². The molecule has 4 rings (SSSR count). The molecule has 176 valence electrons. The van der Waals surface area contributed by atoms with E-state index in [2.05, 4.69) is 50.2 Å². The summed E-state index contributed by atoms with van der Waals surface area (Å²) in [5.74, 6) is 4.27. The minimum atomic E-state index is 0.268. The maximum Gasteiger partial charge on any atom is 0.164 e. The maximum absolute atomic E-state index is 5.82. The lowest BCUT2D eigenvalue weighted by molar-refractivity contribution is 0.242. The second-order valence-corrected chi connectivity index (χ2v) is 9.02. The summed E-state index contributed by atoms with van der Waals surface area (Å²) < 4.78 is 23.2. The molecule has 2 aromatic rings. The van der Waals surface area contributed by atoms with Gasteiger partial charge in [0.15, 0.2) is 11.5 Å². The van der Waals surface area contributed by atoms with E-state index in [4.69, 9.17) is 18.9 Å². The summed E-state index contributed by atoms with van der Waals surface area (Å²) in [6.45, 7) is 4.29. The maximum atomic E-state index is 5.82. The fraction of sp³-hybridized carbons (Fsp3) is 0.448. The number of methoxy groups -OCH3 is 4. The third-order valence-corrected chi connectivity index (χ3v) is 7.23. The van der Waals surface area contributed by atoms with Crippen LogP contribution in [-0.4, -0.2) is 28.4 Å². The monoisotopic (exact) mass is 448 g/mol. The molecule has 4 nitrogen and oxygen atoms in total. The largest absolute Gasteiger partial charge is 0.497 e.